The smallest absolute Gasteiger partial charge is 0.262 e. The second-order valence-corrected chi connectivity index (χ2v) is 6.33. The molecule has 1 heterocycles. The lowest BCUT2D eigenvalue weighted by molar-refractivity contribution is -0.118. The van der Waals surface area contributed by atoms with Gasteiger partial charge in [0.25, 0.3) is 5.91 Å². The van der Waals surface area contributed by atoms with Gasteiger partial charge in [0.05, 0.1) is 6.61 Å². The van der Waals surface area contributed by atoms with E-state index >= 15 is 0 Å². The lowest BCUT2D eigenvalue weighted by atomic mass is 10.1. The number of fused-ring (bicyclic) bond motifs is 1. The summed E-state index contributed by atoms with van der Waals surface area (Å²) in [5, 5.41) is 2.91. The fraction of sp³-hybridized carbons (Fsp3) is 0.381. The van der Waals surface area contributed by atoms with Crippen LogP contribution in [0, 0.1) is 0 Å². The SMILES string of the molecule is CCCOc1ccc(OCC(=O)Nc2ccc3c(c2)N(CC)CC3)cc1. The molecule has 0 bridgehead atoms. The normalized spacial score (nSPS) is 12.6. The van der Waals surface area contributed by atoms with Crippen molar-refractivity contribution in [2.45, 2.75) is 26.7 Å². The quantitative estimate of drug-likeness (QED) is 0.782. The Kier molecular flexibility index (Phi) is 6.00. The summed E-state index contributed by atoms with van der Waals surface area (Å²) >= 11 is 0. The molecule has 0 radical (unpaired) electrons. The third-order valence-corrected chi connectivity index (χ3v) is 4.41. The summed E-state index contributed by atoms with van der Waals surface area (Å²) < 4.78 is 11.1. The summed E-state index contributed by atoms with van der Waals surface area (Å²) in [5.74, 6) is 1.29. The van der Waals surface area contributed by atoms with E-state index in [1.807, 2.05) is 36.4 Å². The first-order valence-corrected chi connectivity index (χ1v) is 9.23. The summed E-state index contributed by atoms with van der Waals surface area (Å²) in [4.78, 5) is 14.5. The lowest BCUT2D eigenvalue weighted by Gasteiger charge is -2.17. The molecule has 0 aromatic heterocycles. The Morgan fingerprint density at radius 3 is 2.50 bits per heavy atom. The van der Waals surface area contributed by atoms with Crippen LogP contribution in [0.3, 0.4) is 0 Å². The van der Waals surface area contributed by atoms with Crippen molar-refractivity contribution < 1.29 is 14.3 Å². The predicted octanol–water partition coefficient (Wildman–Crippen LogP) is 3.88. The number of benzene rings is 2. The zero-order valence-corrected chi connectivity index (χ0v) is 15.5. The van der Waals surface area contributed by atoms with Crippen LogP contribution in [0.2, 0.25) is 0 Å². The minimum Gasteiger partial charge on any atom is -0.494 e. The Morgan fingerprint density at radius 1 is 1.08 bits per heavy atom. The van der Waals surface area contributed by atoms with Crippen molar-refractivity contribution in [1.82, 2.24) is 0 Å². The van der Waals surface area contributed by atoms with Crippen LogP contribution in [-0.4, -0.2) is 32.2 Å². The van der Waals surface area contributed by atoms with Gasteiger partial charge in [-0.1, -0.05) is 13.0 Å². The van der Waals surface area contributed by atoms with Crippen LogP contribution in [0.15, 0.2) is 42.5 Å². The Bertz CT molecular complexity index is 743. The molecule has 2 aromatic carbocycles. The molecule has 5 nitrogen and oxygen atoms in total. The molecule has 0 saturated heterocycles. The van der Waals surface area contributed by atoms with Crippen molar-refractivity contribution in [3.63, 3.8) is 0 Å². The van der Waals surface area contributed by atoms with Crippen LogP contribution in [-0.2, 0) is 11.2 Å². The van der Waals surface area contributed by atoms with E-state index in [9.17, 15) is 4.79 Å². The van der Waals surface area contributed by atoms with Crippen molar-refractivity contribution in [3.8, 4) is 11.5 Å². The van der Waals surface area contributed by atoms with E-state index in [0.29, 0.717) is 12.4 Å². The summed E-state index contributed by atoms with van der Waals surface area (Å²) in [6.45, 7) is 6.90. The first-order valence-electron chi connectivity index (χ1n) is 9.23. The number of likely N-dealkylation sites (N-methyl/N-ethyl adjacent to an activating group) is 1. The largest absolute Gasteiger partial charge is 0.494 e. The third-order valence-electron chi connectivity index (χ3n) is 4.41. The van der Waals surface area contributed by atoms with Crippen molar-refractivity contribution in [1.29, 1.82) is 0 Å². The van der Waals surface area contributed by atoms with E-state index in [2.05, 4.69) is 30.1 Å². The summed E-state index contributed by atoms with van der Waals surface area (Å²) in [5.41, 5.74) is 3.36. The fourth-order valence-electron chi connectivity index (χ4n) is 3.05. The van der Waals surface area contributed by atoms with Crippen LogP contribution in [0.1, 0.15) is 25.8 Å². The second-order valence-electron chi connectivity index (χ2n) is 6.33. The number of rotatable bonds is 8. The van der Waals surface area contributed by atoms with E-state index in [1.165, 1.54) is 11.3 Å². The lowest BCUT2D eigenvalue weighted by Crippen LogP contribution is -2.21. The monoisotopic (exact) mass is 354 g/mol. The molecule has 1 aliphatic heterocycles. The van der Waals surface area contributed by atoms with Gasteiger partial charge in [0.2, 0.25) is 0 Å². The Balaban J connectivity index is 1.51. The zero-order chi connectivity index (χ0) is 18.4. The van der Waals surface area contributed by atoms with Crippen LogP contribution in [0.25, 0.3) is 0 Å². The Morgan fingerprint density at radius 2 is 1.81 bits per heavy atom. The average Bonchev–Trinajstić information content (AvgIpc) is 3.08. The average molecular weight is 354 g/mol. The highest BCUT2D eigenvalue weighted by Crippen LogP contribution is 2.30. The van der Waals surface area contributed by atoms with Gasteiger partial charge in [-0.3, -0.25) is 4.79 Å². The number of hydrogen-bond acceptors (Lipinski definition) is 4. The molecular weight excluding hydrogens is 328 g/mol. The minimum atomic E-state index is -0.169. The highest BCUT2D eigenvalue weighted by Gasteiger charge is 2.18. The number of amides is 1. The van der Waals surface area contributed by atoms with Gasteiger partial charge in [0.15, 0.2) is 6.61 Å². The summed E-state index contributed by atoms with van der Waals surface area (Å²) in [6, 6.07) is 13.4. The number of nitrogens with one attached hydrogen (secondary N) is 1. The molecule has 2 aromatic rings. The number of hydrogen-bond donors (Lipinski definition) is 1. The zero-order valence-electron chi connectivity index (χ0n) is 15.5. The number of carbonyl (C=O) groups excluding carboxylic acids is 1. The molecule has 0 atom stereocenters. The van der Waals surface area contributed by atoms with Crippen molar-refractivity contribution in [2.75, 3.05) is 36.5 Å². The number of anilines is 2. The molecule has 0 fully saturated rings. The highest BCUT2D eigenvalue weighted by molar-refractivity contribution is 5.92. The third kappa shape index (κ3) is 4.48. The van der Waals surface area contributed by atoms with Crippen LogP contribution in [0.5, 0.6) is 11.5 Å². The van der Waals surface area contributed by atoms with Crippen molar-refractivity contribution >= 4 is 17.3 Å². The van der Waals surface area contributed by atoms with Crippen molar-refractivity contribution in [3.05, 3.63) is 48.0 Å². The molecule has 1 N–H and O–H groups in total. The molecule has 0 aliphatic carbocycles. The standard InChI is InChI=1S/C21H26N2O3/c1-3-13-25-18-7-9-19(10-8-18)26-15-21(24)22-17-6-5-16-11-12-23(4-2)20(16)14-17/h5-10,14H,3-4,11-13,15H2,1-2H3,(H,22,24). The molecular formula is C21H26N2O3. The number of carbonyl (C=O) groups is 1. The van der Waals surface area contributed by atoms with Crippen LogP contribution in [0.4, 0.5) is 11.4 Å². The molecule has 3 rings (SSSR count). The fourth-order valence-corrected chi connectivity index (χ4v) is 3.05. The highest BCUT2D eigenvalue weighted by atomic mass is 16.5. The Hall–Kier alpha value is -2.69. The van der Waals surface area contributed by atoms with Gasteiger partial charge in [-0.15, -0.1) is 0 Å². The van der Waals surface area contributed by atoms with E-state index in [1.54, 1.807) is 0 Å². The summed E-state index contributed by atoms with van der Waals surface area (Å²) in [7, 11) is 0. The molecule has 1 amide bonds. The number of ether oxygens (including phenoxy) is 2. The predicted molar refractivity (Wildman–Crippen MR) is 104 cm³/mol. The number of nitrogens with zero attached hydrogens (tertiary/aromatic N) is 1. The van der Waals surface area contributed by atoms with Gasteiger partial charge in [0, 0.05) is 24.5 Å². The van der Waals surface area contributed by atoms with Gasteiger partial charge >= 0.3 is 0 Å². The van der Waals surface area contributed by atoms with Gasteiger partial charge in [-0.25, -0.2) is 0 Å². The molecule has 26 heavy (non-hydrogen) atoms. The van der Waals surface area contributed by atoms with Crippen LogP contribution >= 0.6 is 0 Å². The molecule has 0 unspecified atom stereocenters. The maximum Gasteiger partial charge on any atom is 0.262 e. The minimum absolute atomic E-state index is 0.0241. The molecule has 0 spiro atoms. The molecule has 1 aliphatic rings. The van der Waals surface area contributed by atoms with E-state index in [4.69, 9.17) is 9.47 Å². The van der Waals surface area contributed by atoms with E-state index in [-0.39, 0.29) is 12.5 Å². The maximum absolute atomic E-state index is 12.2. The first kappa shape index (κ1) is 18.1. The molecule has 0 saturated carbocycles. The molecule has 138 valence electrons. The van der Waals surface area contributed by atoms with E-state index in [0.717, 1.165) is 37.4 Å². The van der Waals surface area contributed by atoms with Crippen molar-refractivity contribution in [2.24, 2.45) is 0 Å². The maximum atomic E-state index is 12.2. The van der Waals surface area contributed by atoms with Gasteiger partial charge in [0.1, 0.15) is 11.5 Å². The van der Waals surface area contributed by atoms with Gasteiger partial charge in [-0.05, 0) is 61.7 Å². The van der Waals surface area contributed by atoms with Crippen LogP contribution < -0.4 is 19.7 Å². The Labute approximate surface area is 154 Å². The topological polar surface area (TPSA) is 50.8 Å². The molecule has 5 heteroatoms. The van der Waals surface area contributed by atoms with Gasteiger partial charge in [-0.2, -0.15) is 0 Å². The van der Waals surface area contributed by atoms with E-state index < -0.39 is 0 Å². The second kappa shape index (κ2) is 8.61. The summed E-state index contributed by atoms with van der Waals surface area (Å²) in [6.07, 6.45) is 2.04. The first-order chi connectivity index (χ1) is 12.7. The van der Waals surface area contributed by atoms with Gasteiger partial charge < -0.3 is 19.7 Å².